The second-order valence-corrected chi connectivity index (χ2v) is 7.27. The molecule has 0 saturated carbocycles. The third-order valence-electron chi connectivity index (χ3n) is 3.39. The Labute approximate surface area is 153 Å². The molecule has 0 aliphatic heterocycles. The molecule has 0 spiro atoms. The molecule has 2 aromatic carbocycles. The molecule has 3 nitrogen and oxygen atoms in total. The molecule has 0 fully saturated rings. The first-order chi connectivity index (χ1) is 11.2. The van der Waals surface area contributed by atoms with Crippen LogP contribution >= 0.6 is 39.3 Å². The van der Waals surface area contributed by atoms with Gasteiger partial charge in [0, 0.05) is 27.4 Å². The minimum absolute atomic E-state index is 0.723. The third-order valence-corrected chi connectivity index (χ3v) is 5.18. The highest BCUT2D eigenvalue weighted by molar-refractivity contribution is 9.10. The zero-order chi connectivity index (χ0) is 16.2. The molecule has 0 aliphatic rings. The molecule has 3 rings (SSSR count). The summed E-state index contributed by atoms with van der Waals surface area (Å²) in [6, 6.07) is 16.0. The average Bonchev–Trinajstić information content (AvgIpc) is 2.96. The second-order valence-electron chi connectivity index (χ2n) is 4.98. The van der Waals surface area contributed by atoms with Gasteiger partial charge < -0.3 is 4.57 Å². The van der Waals surface area contributed by atoms with E-state index in [0.717, 1.165) is 38.3 Å². The Hall–Kier alpha value is -1.30. The average molecular weight is 409 g/mol. The molecule has 0 N–H and O–H groups in total. The van der Waals surface area contributed by atoms with Gasteiger partial charge in [0.2, 0.25) is 0 Å². The minimum Gasteiger partial charge on any atom is -0.302 e. The van der Waals surface area contributed by atoms with Gasteiger partial charge in [-0.25, -0.2) is 0 Å². The van der Waals surface area contributed by atoms with Gasteiger partial charge in [-0.1, -0.05) is 51.4 Å². The number of halogens is 2. The van der Waals surface area contributed by atoms with Crippen molar-refractivity contribution in [2.45, 2.75) is 24.4 Å². The lowest BCUT2D eigenvalue weighted by Crippen LogP contribution is -1.99. The van der Waals surface area contributed by atoms with Crippen LogP contribution in [0.4, 0.5) is 0 Å². The van der Waals surface area contributed by atoms with Crippen molar-refractivity contribution in [3.8, 4) is 11.4 Å². The van der Waals surface area contributed by atoms with Gasteiger partial charge in [0.15, 0.2) is 11.0 Å². The first-order valence-electron chi connectivity index (χ1n) is 7.23. The van der Waals surface area contributed by atoms with E-state index in [9.17, 15) is 0 Å². The highest BCUT2D eigenvalue weighted by Gasteiger charge is 2.13. The molecule has 0 aliphatic carbocycles. The summed E-state index contributed by atoms with van der Waals surface area (Å²) < 4.78 is 3.22. The third kappa shape index (κ3) is 3.97. The summed E-state index contributed by atoms with van der Waals surface area (Å²) in [4.78, 5) is 0. The highest BCUT2D eigenvalue weighted by atomic mass is 79.9. The van der Waals surface area contributed by atoms with Gasteiger partial charge in [-0.05, 0) is 48.9 Å². The van der Waals surface area contributed by atoms with Gasteiger partial charge in [0.25, 0.3) is 0 Å². The van der Waals surface area contributed by atoms with Gasteiger partial charge in [-0.2, -0.15) is 0 Å². The maximum absolute atomic E-state index is 5.96. The van der Waals surface area contributed by atoms with Crippen molar-refractivity contribution in [1.82, 2.24) is 14.8 Å². The fraction of sp³-hybridized carbons (Fsp3) is 0.176. The van der Waals surface area contributed by atoms with E-state index >= 15 is 0 Å². The molecule has 3 aromatic rings. The highest BCUT2D eigenvalue weighted by Crippen LogP contribution is 2.27. The summed E-state index contributed by atoms with van der Waals surface area (Å²) >= 11 is 11.2. The summed E-state index contributed by atoms with van der Waals surface area (Å²) in [6.45, 7) is 2.93. The van der Waals surface area contributed by atoms with Gasteiger partial charge in [0.05, 0.1) is 0 Å². The van der Waals surface area contributed by atoms with Crippen LogP contribution in [-0.2, 0) is 12.3 Å². The normalized spacial score (nSPS) is 10.9. The van der Waals surface area contributed by atoms with Gasteiger partial charge in [0.1, 0.15) is 0 Å². The summed E-state index contributed by atoms with van der Waals surface area (Å²) in [5, 5.41) is 10.4. The Kier molecular flexibility index (Phi) is 5.41. The van der Waals surface area contributed by atoms with E-state index in [1.54, 1.807) is 11.8 Å². The molecule has 0 radical (unpaired) electrons. The van der Waals surface area contributed by atoms with Crippen molar-refractivity contribution in [3.05, 3.63) is 63.6 Å². The molecule has 0 bridgehead atoms. The molecule has 0 saturated heterocycles. The second kappa shape index (κ2) is 7.51. The van der Waals surface area contributed by atoms with E-state index in [0.29, 0.717) is 0 Å². The van der Waals surface area contributed by atoms with E-state index in [1.165, 1.54) is 5.56 Å². The number of hydrogen-bond donors (Lipinski definition) is 0. The van der Waals surface area contributed by atoms with Gasteiger partial charge in [-0.15, -0.1) is 10.2 Å². The molecule has 0 unspecified atom stereocenters. The zero-order valence-corrected chi connectivity index (χ0v) is 15.7. The summed E-state index contributed by atoms with van der Waals surface area (Å²) in [5.74, 6) is 1.74. The van der Waals surface area contributed by atoms with E-state index in [1.807, 2.05) is 36.4 Å². The van der Waals surface area contributed by atoms with Crippen molar-refractivity contribution < 1.29 is 0 Å². The van der Waals surface area contributed by atoms with E-state index in [2.05, 4.69) is 49.8 Å². The van der Waals surface area contributed by atoms with Crippen molar-refractivity contribution >= 4 is 39.3 Å². The largest absolute Gasteiger partial charge is 0.302 e. The predicted molar refractivity (Wildman–Crippen MR) is 99.8 cm³/mol. The molecule has 118 valence electrons. The fourth-order valence-electron chi connectivity index (χ4n) is 2.27. The summed E-state index contributed by atoms with van der Waals surface area (Å²) in [6.07, 6.45) is 0. The predicted octanol–water partition coefficient (Wildman–Crippen LogP) is 5.67. The van der Waals surface area contributed by atoms with Crippen LogP contribution in [0.5, 0.6) is 0 Å². The quantitative estimate of drug-likeness (QED) is 0.509. The molecule has 23 heavy (non-hydrogen) atoms. The number of rotatable bonds is 5. The maximum Gasteiger partial charge on any atom is 0.191 e. The Bertz CT molecular complexity index is 802. The van der Waals surface area contributed by atoms with Crippen molar-refractivity contribution in [1.29, 1.82) is 0 Å². The maximum atomic E-state index is 5.96. The van der Waals surface area contributed by atoms with Crippen LogP contribution in [0.3, 0.4) is 0 Å². The lowest BCUT2D eigenvalue weighted by Gasteiger charge is -2.07. The van der Waals surface area contributed by atoms with Crippen LogP contribution in [0.2, 0.25) is 5.02 Å². The van der Waals surface area contributed by atoms with Crippen LogP contribution in [0.15, 0.2) is 58.2 Å². The Morgan fingerprint density at radius 1 is 1.13 bits per heavy atom. The Balaban J connectivity index is 1.82. The number of nitrogens with zero attached hydrogens (tertiary/aromatic N) is 3. The minimum atomic E-state index is 0.723. The number of hydrogen-bond acceptors (Lipinski definition) is 3. The molecule has 6 heteroatoms. The lowest BCUT2D eigenvalue weighted by molar-refractivity contribution is 0.687. The fourth-order valence-corrected chi connectivity index (χ4v) is 3.79. The topological polar surface area (TPSA) is 30.7 Å². The molecular formula is C17H15BrClN3S. The van der Waals surface area contributed by atoms with Gasteiger partial charge >= 0.3 is 0 Å². The number of benzene rings is 2. The Morgan fingerprint density at radius 2 is 1.91 bits per heavy atom. The van der Waals surface area contributed by atoms with Crippen LogP contribution in [-0.4, -0.2) is 14.8 Å². The molecule has 1 heterocycles. The molecule has 0 amide bonds. The van der Waals surface area contributed by atoms with Gasteiger partial charge in [-0.3, -0.25) is 0 Å². The SMILES string of the molecule is CCn1c(SCc2cccc(Br)c2)nnc1-c1ccc(Cl)cc1. The first-order valence-corrected chi connectivity index (χ1v) is 9.39. The first kappa shape index (κ1) is 16.6. The smallest absolute Gasteiger partial charge is 0.191 e. The van der Waals surface area contributed by atoms with E-state index in [-0.39, 0.29) is 0 Å². The Morgan fingerprint density at radius 3 is 2.61 bits per heavy atom. The number of thioether (sulfide) groups is 1. The van der Waals surface area contributed by atoms with E-state index < -0.39 is 0 Å². The van der Waals surface area contributed by atoms with Crippen LogP contribution < -0.4 is 0 Å². The van der Waals surface area contributed by atoms with Crippen molar-refractivity contribution in [2.75, 3.05) is 0 Å². The van der Waals surface area contributed by atoms with Crippen LogP contribution in [0.1, 0.15) is 12.5 Å². The summed E-state index contributed by atoms with van der Waals surface area (Å²) in [5.41, 5.74) is 2.28. The van der Waals surface area contributed by atoms with E-state index in [4.69, 9.17) is 11.6 Å². The van der Waals surface area contributed by atoms with Crippen LogP contribution in [0.25, 0.3) is 11.4 Å². The lowest BCUT2D eigenvalue weighted by atomic mass is 10.2. The zero-order valence-electron chi connectivity index (χ0n) is 12.5. The summed E-state index contributed by atoms with van der Waals surface area (Å²) in [7, 11) is 0. The molecular weight excluding hydrogens is 394 g/mol. The van der Waals surface area contributed by atoms with Crippen molar-refractivity contribution in [2.24, 2.45) is 0 Å². The van der Waals surface area contributed by atoms with Crippen LogP contribution in [0, 0.1) is 0 Å². The van der Waals surface area contributed by atoms with Crippen molar-refractivity contribution in [3.63, 3.8) is 0 Å². The number of aromatic nitrogens is 3. The molecule has 0 atom stereocenters. The standard InChI is InChI=1S/C17H15BrClN3S/c1-2-22-16(13-6-8-15(19)9-7-13)20-21-17(22)23-11-12-4-3-5-14(18)10-12/h3-10H,2,11H2,1H3. The molecule has 1 aromatic heterocycles. The monoisotopic (exact) mass is 407 g/mol.